The predicted octanol–water partition coefficient (Wildman–Crippen LogP) is 6.12. The summed E-state index contributed by atoms with van der Waals surface area (Å²) in [6, 6.07) is 31.2. The number of nitrogens with one attached hydrogen (secondary N) is 1. The van der Waals surface area contributed by atoms with E-state index >= 15 is 0 Å². The number of amides is 2. The molecule has 4 aromatic rings. The average Bonchev–Trinajstić information content (AvgIpc) is 3.01. The Bertz CT molecular complexity index is 1610. The summed E-state index contributed by atoms with van der Waals surface area (Å²) in [6.07, 6.45) is 1.01. The molecule has 7 nitrogen and oxygen atoms in total. The number of nitrogens with zero attached hydrogens (tertiary/aromatic N) is 2. The number of halogens is 1. The lowest BCUT2D eigenvalue weighted by molar-refractivity contribution is -0.140. The number of carbonyl (C=O) groups excluding carboxylic acids is 2. The van der Waals surface area contributed by atoms with Crippen LogP contribution in [0.25, 0.3) is 0 Å². The zero-order valence-electron chi connectivity index (χ0n) is 24.3. The lowest BCUT2D eigenvalue weighted by Crippen LogP contribution is -2.53. The minimum absolute atomic E-state index is 0.0726. The number of benzene rings is 4. The van der Waals surface area contributed by atoms with Crippen molar-refractivity contribution in [3.8, 4) is 0 Å². The third-order valence-electron chi connectivity index (χ3n) is 6.99. The number of carbonyl (C=O) groups is 2. The maximum atomic E-state index is 14.4. The van der Waals surface area contributed by atoms with Crippen molar-refractivity contribution in [1.29, 1.82) is 0 Å². The molecule has 0 bridgehead atoms. The molecule has 4 rings (SSSR count). The van der Waals surface area contributed by atoms with Gasteiger partial charge in [0.15, 0.2) is 0 Å². The molecule has 0 saturated carbocycles. The lowest BCUT2D eigenvalue weighted by atomic mass is 10.0. The Morgan fingerprint density at radius 3 is 2.09 bits per heavy atom. The molecule has 43 heavy (non-hydrogen) atoms. The highest BCUT2D eigenvalue weighted by atomic mass is 79.9. The summed E-state index contributed by atoms with van der Waals surface area (Å²) in [5.41, 5.74) is 3.01. The summed E-state index contributed by atoms with van der Waals surface area (Å²) in [5, 5.41) is 2.96. The number of aryl methyl sites for hydroxylation is 1. The van der Waals surface area contributed by atoms with Crippen LogP contribution in [-0.4, -0.2) is 44.3 Å². The first-order valence-corrected chi connectivity index (χ1v) is 16.4. The molecular formula is C34H36BrN3O4S. The van der Waals surface area contributed by atoms with Gasteiger partial charge in [-0.05, 0) is 60.9 Å². The summed E-state index contributed by atoms with van der Waals surface area (Å²) in [6.45, 7) is 3.96. The topological polar surface area (TPSA) is 86.8 Å². The van der Waals surface area contributed by atoms with Crippen LogP contribution in [0, 0.1) is 6.92 Å². The maximum Gasteiger partial charge on any atom is 0.264 e. The van der Waals surface area contributed by atoms with Gasteiger partial charge in [0.25, 0.3) is 10.0 Å². The van der Waals surface area contributed by atoms with E-state index in [0.717, 1.165) is 31.9 Å². The zero-order valence-corrected chi connectivity index (χ0v) is 26.7. The third-order valence-corrected chi connectivity index (χ3v) is 9.28. The van der Waals surface area contributed by atoms with Gasteiger partial charge in [-0.1, -0.05) is 101 Å². The molecule has 0 spiro atoms. The van der Waals surface area contributed by atoms with Crippen molar-refractivity contribution in [3.63, 3.8) is 0 Å². The molecule has 2 amide bonds. The standard InChI is InChI=1S/C34H36BrN3O4S/c1-3-21-36-34(40)32(23-27-11-6-4-7-12-27)37(24-28-13-10-14-29(35)22-28)33(39)25-38(30-19-17-26(2)18-20-30)43(41,42)31-15-8-5-9-16-31/h4-20,22,32H,3,21,23-25H2,1-2H3,(H,36,40)/t32-/m0/s1. The van der Waals surface area contributed by atoms with E-state index in [-0.39, 0.29) is 23.8 Å². The summed E-state index contributed by atoms with van der Waals surface area (Å²) in [7, 11) is -4.12. The van der Waals surface area contributed by atoms with Crippen LogP contribution in [0.3, 0.4) is 0 Å². The second kappa shape index (κ2) is 15.0. The van der Waals surface area contributed by atoms with E-state index in [1.807, 2.05) is 80.6 Å². The molecule has 9 heteroatoms. The molecule has 0 aromatic heterocycles. The molecular weight excluding hydrogens is 626 g/mol. The molecule has 0 aliphatic heterocycles. The Morgan fingerprint density at radius 1 is 0.837 bits per heavy atom. The third kappa shape index (κ3) is 8.55. The Labute approximate surface area is 262 Å². The minimum atomic E-state index is -4.12. The molecule has 0 aliphatic rings. The van der Waals surface area contributed by atoms with E-state index in [1.54, 1.807) is 30.3 Å². The lowest BCUT2D eigenvalue weighted by Gasteiger charge is -2.34. The quantitative estimate of drug-likeness (QED) is 0.187. The van der Waals surface area contributed by atoms with Crippen LogP contribution in [0.15, 0.2) is 119 Å². The number of hydrogen-bond acceptors (Lipinski definition) is 4. The van der Waals surface area contributed by atoms with Gasteiger partial charge >= 0.3 is 0 Å². The normalized spacial score (nSPS) is 11.9. The van der Waals surface area contributed by atoms with Crippen LogP contribution in [0.2, 0.25) is 0 Å². The van der Waals surface area contributed by atoms with Gasteiger partial charge in [0, 0.05) is 24.0 Å². The van der Waals surface area contributed by atoms with Crippen molar-refractivity contribution in [2.45, 2.75) is 44.2 Å². The molecule has 1 N–H and O–H groups in total. The molecule has 0 saturated heterocycles. The summed E-state index contributed by atoms with van der Waals surface area (Å²) in [4.78, 5) is 29.6. The van der Waals surface area contributed by atoms with Gasteiger partial charge in [-0.3, -0.25) is 13.9 Å². The molecule has 224 valence electrons. The molecule has 1 atom stereocenters. The van der Waals surface area contributed by atoms with E-state index in [1.165, 1.54) is 17.0 Å². The smallest absolute Gasteiger partial charge is 0.264 e. The first-order valence-electron chi connectivity index (χ1n) is 14.2. The van der Waals surface area contributed by atoms with Crippen LogP contribution >= 0.6 is 15.9 Å². The number of rotatable bonds is 13. The zero-order chi connectivity index (χ0) is 30.8. The molecule has 0 heterocycles. The Balaban J connectivity index is 1.78. The van der Waals surface area contributed by atoms with Crippen LogP contribution in [0.5, 0.6) is 0 Å². The largest absolute Gasteiger partial charge is 0.354 e. The van der Waals surface area contributed by atoms with Crippen molar-refractivity contribution in [1.82, 2.24) is 10.2 Å². The minimum Gasteiger partial charge on any atom is -0.354 e. The SMILES string of the molecule is CCCNC(=O)[C@H](Cc1ccccc1)N(Cc1cccc(Br)c1)C(=O)CN(c1ccc(C)cc1)S(=O)(=O)c1ccccc1. The van der Waals surface area contributed by atoms with Crippen molar-refractivity contribution in [3.05, 3.63) is 130 Å². The van der Waals surface area contributed by atoms with E-state index in [4.69, 9.17) is 0 Å². The Hall–Kier alpha value is -3.95. The van der Waals surface area contributed by atoms with Crippen LogP contribution in [0.4, 0.5) is 5.69 Å². The molecule has 0 radical (unpaired) electrons. The summed E-state index contributed by atoms with van der Waals surface area (Å²) < 4.78 is 29.9. The highest BCUT2D eigenvalue weighted by Gasteiger charge is 2.34. The van der Waals surface area contributed by atoms with Gasteiger partial charge in [-0.25, -0.2) is 8.42 Å². The fraction of sp³-hybridized carbons (Fsp3) is 0.235. The summed E-state index contributed by atoms with van der Waals surface area (Å²) >= 11 is 3.50. The van der Waals surface area contributed by atoms with Crippen LogP contribution in [0.1, 0.15) is 30.0 Å². The molecule has 0 unspecified atom stereocenters. The van der Waals surface area contributed by atoms with Crippen LogP contribution in [-0.2, 0) is 32.6 Å². The van der Waals surface area contributed by atoms with Crippen molar-refractivity contribution >= 4 is 43.5 Å². The van der Waals surface area contributed by atoms with Crippen molar-refractivity contribution in [2.24, 2.45) is 0 Å². The fourth-order valence-corrected chi connectivity index (χ4v) is 6.59. The first kappa shape index (κ1) is 32.0. The van der Waals surface area contributed by atoms with E-state index in [9.17, 15) is 18.0 Å². The van der Waals surface area contributed by atoms with Gasteiger partial charge in [-0.15, -0.1) is 0 Å². The highest BCUT2D eigenvalue weighted by molar-refractivity contribution is 9.10. The average molecular weight is 663 g/mol. The Morgan fingerprint density at radius 2 is 1.47 bits per heavy atom. The van der Waals surface area contributed by atoms with Crippen molar-refractivity contribution in [2.75, 3.05) is 17.4 Å². The number of anilines is 1. The second-order valence-electron chi connectivity index (χ2n) is 10.3. The van der Waals surface area contributed by atoms with E-state index in [0.29, 0.717) is 12.2 Å². The van der Waals surface area contributed by atoms with Crippen molar-refractivity contribution < 1.29 is 18.0 Å². The fourth-order valence-electron chi connectivity index (χ4n) is 4.71. The van der Waals surface area contributed by atoms with Gasteiger partial charge in [0.2, 0.25) is 11.8 Å². The maximum absolute atomic E-state index is 14.4. The predicted molar refractivity (Wildman–Crippen MR) is 174 cm³/mol. The molecule has 0 fully saturated rings. The Kier molecular flexibility index (Phi) is 11.1. The van der Waals surface area contributed by atoms with Crippen LogP contribution < -0.4 is 9.62 Å². The van der Waals surface area contributed by atoms with Gasteiger partial charge < -0.3 is 10.2 Å². The second-order valence-corrected chi connectivity index (χ2v) is 13.1. The number of sulfonamides is 1. The van der Waals surface area contributed by atoms with Gasteiger partial charge in [0.1, 0.15) is 12.6 Å². The van der Waals surface area contributed by atoms with Gasteiger partial charge in [0.05, 0.1) is 10.6 Å². The molecule has 4 aromatic carbocycles. The molecule has 0 aliphatic carbocycles. The van der Waals surface area contributed by atoms with Gasteiger partial charge in [-0.2, -0.15) is 0 Å². The number of hydrogen-bond donors (Lipinski definition) is 1. The monoisotopic (exact) mass is 661 g/mol. The van der Waals surface area contributed by atoms with E-state index < -0.39 is 28.5 Å². The highest BCUT2D eigenvalue weighted by Crippen LogP contribution is 2.25. The summed E-state index contributed by atoms with van der Waals surface area (Å²) in [5.74, 6) is -0.783. The first-order chi connectivity index (χ1) is 20.7. The van der Waals surface area contributed by atoms with E-state index in [2.05, 4.69) is 21.2 Å².